The molecule has 0 saturated heterocycles. The van der Waals surface area contributed by atoms with Crippen LogP contribution in [-0.4, -0.2) is 33.1 Å². The molecule has 3 rings (SSSR count). The molecule has 11 heteroatoms. The number of carbonyl (C=O) groups is 2. The largest absolute Gasteiger partial charge is 0.463 e. The first-order chi connectivity index (χ1) is 14.6. The third-order valence-corrected chi connectivity index (χ3v) is 4.02. The number of esters is 1. The predicted octanol–water partition coefficient (Wildman–Crippen LogP) is 3.75. The van der Waals surface area contributed by atoms with Crippen LogP contribution >= 0.6 is 0 Å². The molecule has 162 valence electrons. The number of ether oxygens (including phenoxy) is 1. The van der Waals surface area contributed by atoms with Crippen LogP contribution in [0.2, 0.25) is 0 Å². The third-order valence-electron chi connectivity index (χ3n) is 4.02. The first kappa shape index (κ1) is 21.9. The molecular weight excluding hydrogens is 420 g/mol. The van der Waals surface area contributed by atoms with Crippen molar-refractivity contribution < 1.29 is 31.9 Å². The minimum atomic E-state index is -4.80. The molecule has 3 aromatic rings. The lowest BCUT2D eigenvalue weighted by Crippen LogP contribution is -2.23. The van der Waals surface area contributed by atoms with Crippen LogP contribution in [0.4, 0.5) is 17.6 Å². The van der Waals surface area contributed by atoms with Crippen molar-refractivity contribution in [1.82, 2.24) is 19.9 Å². The first-order valence-corrected chi connectivity index (χ1v) is 8.99. The summed E-state index contributed by atoms with van der Waals surface area (Å²) in [4.78, 5) is 27.9. The van der Waals surface area contributed by atoms with E-state index in [0.29, 0.717) is 4.52 Å². The van der Waals surface area contributed by atoms with Crippen LogP contribution < -0.4 is 5.32 Å². The molecule has 2 heterocycles. The molecular formula is C20H16F4N4O3. The van der Waals surface area contributed by atoms with Gasteiger partial charge in [0.15, 0.2) is 17.0 Å². The molecule has 0 atom stereocenters. The lowest BCUT2D eigenvalue weighted by atomic mass is 10.1. The van der Waals surface area contributed by atoms with E-state index in [-0.39, 0.29) is 34.9 Å². The Kier molecular flexibility index (Phi) is 6.04. The quantitative estimate of drug-likeness (QED) is 0.374. The topological polar surface area (TPSA) is 85.6 Å². The number of hydrogen-bond donors (Lipinski definition) is 1. The second-order valence-electron chi connectivity index (χ2n) is 6.36. The fourth-order valence-electron chi connectivity index (χ4n) is 2.70. The highest BCUT2D eigenvalue weighted by Gasteiger charge is 2.35. The summed E-state index contributed by atoms with van der Waals surface area (Å²) in [6.07, 6.45) is -3.77. The number of aromatic nitrogens is 3. The maximum absolute atomic E-state index is 13.6. The standard InChI is InChI=1S/C20H16F4N4O3/c1-3-31-18(29)8-11(2)25-19(30)15-10-17-26-14(12-4-6-13(21)7-5-12)9-16(20(22,23)24)28(17)27-15/h4-10H,3H2,1-2H3,(H,25,30)/b11-8+. The highest BCUT2D eigenvalue weighted by molar-refractivity contribution is 5.95. The lowest BCUT2D eigenvalue weighted by Gasteiger charge is -2.11. The van der Waals surface area contributed by atoms with Gasteiger partial charge in [0, 0.05) is 23.4 Å². The molecule has 0 spiro atoms. The molecule has 0 unspecified atom stereocenters. The van der Waals surface area contributed by atoms with Crippen molar-refractivity contribution in [2.24, 2.45) is 0 Å². The summed E-state index contributed by atoms with van der Waals surface area (Å²) in [6.45, 7) is 3.17. The second-order valence-corrected chi connectivity index (χ2v) is 6.36. The number of nitrogens with one attached hydrogen (secondary N) is 1. The van der Waals surface area contributed by atoms with Gasteiger partial charge in [0.2, 0.25) is 0 Å². The summed E-state index contributed by atoms with van der Waals surface area (Å²) in [7, 11) is 0. The Balaban J connectivity index is 2.01. The van der Waals surface area contributed by atoms with E-state index in [2.05, 4.69) is 15.4 Å². The van der Waals surface area contributed by atoms with Gasteiger partial charge in [0.1, 0.15) is 5.82 Å². The summed E-state index contributed by atoms with van der Waals surface area (Å²) < 4.78 is 59.2. The van der Waals surface area contributed by atoms with Crippen molar-refractivity contribution in [1.29, 1.82) is 0 Å². The zero-order chi connectivity index (χ0) is 22.8. The monoisotopic (exact) mass is 436 g/mol. The molecule has 0 saturated carbocycles. The van der Waals surface area contributed by atoms with Gasteiger partial charge < -0.3 is 10.1 Å². The van der Waals surface area contributed by atoms with E-state index in [1.165, 1.54) is 19.1 Å². The average molecular weight is 436 g/mol. The molecule has 2 aromatic heterocycles. The molecule has 0 aliphatic heterocycles. The van der Waals surface area contributed by atoms with Gasteiger partial charge in [0.25, 0.3) is 5.91 Å². The van der Waals surface area contributed by atoms with Gasteiger partial charge in [-0.1, -0.05) is 0 Å². The fourth-order valence-corrected chi connectivity index (χ4v) is 2.70. The van der Waals surface area contributed by atoms with E-state index < -0.39 is 29.6 Å². The summed E-state index contributed by atoms with van der Waals surface area (Å²) in [5.74, 6) is -2.06. The molecule has 1 N–H and O–H groups in total. The van der Waals surface area contributed by atoms with Crippen LogP contribution in [0.25, 0.3) is 16.9 Å². The van der Waals surface area contributed by atoms with Gasteiger partial charge in [-0.3, -0.25) is 4.79 Å². The number of amides is 1. The van der Waals surface area contributed by atoms with E-state index in [1.54, 1.807) is 6.92 Å². The molecule has 0 bridgehead atoms. The smallest absolute Gasteiger partial charge is 0.433 e. The van der Waals surface area contributed by atoms with Crippen molar-refractivity contribution in [3.05, 3.63) is 65.4 Å². The Morgan fingerprint density at radius 3 is 2.48 bits per heavy atom. The lowest BCUT2D eigenvalue weighted by molar-refractivity contribution is -0.142. The van der Waals surface area contributed by atoms with Crippen LogP contribution in [0.15, 0.2) is 48.2 Å². The van der Waals surface area contributed by atoms with Crippen molar-refractivity contribution in [2.45, 2.75) is 20.0 Å². The van der Waals surface area contributed by atoms with Gasteiger partial charge >= 0.3 is 12.1 Å². The Morgan fingerprint density at radius 1 is 1.19 bits per heavy atom. The Hall–Kier alpha value is -3.76. The van der Waals surface area contributed by atoms with Crippen LogP contribution in [-0.2, 0) is 15.7 Å². The van der Waals surface area contributed by atoms with Gasteiger partial charge in [-0.15, -0.1) is 0 Å². The van der Waals surface area contributed by atoms with E-state index in [4.69, 9.17) is 4.74 Å². The summed E-state index contributed by atoms with van der Waals surface area (Å²) in [5.41, 5.74) is -1.41. The van der Waals surface area contributed by atoms with Crippen molar-refractivity contribution in [3.8, 4) is 11.3 Å². The van der Waals surface area contributed by atoms with Crippen LogP contribution in [0.1, 0.15) is 30.0 Å². The third kappa shape index (κ3) is 5.05. The minimum absolute atomic E-state index is 0.0647. The van der Waals surface area contributed by atoms with Gasteiger partial charge in [-0.2, -0.15) is 18.3 Å². The predicted molar refractivity (Wildman–Crippen MR) is 101 cm³/mol. The first-order valence-electron chi connectivity index (χ1n) is 8.99. The Bertz CT molecular complexity index is 1170. The molecule has 0 aliphatic carbocycles. The van der Waals surface area contributed by atoms with Crippen molar-refractivity contribution in [2.75, 3.05) is 6.61 Å². The van der Waals surface area contributed by atoms with Gasteiger partial charge in [-0.25, -0.2) is 18.7 Å². The maximum atomic E-state index is 13.6. The van der Waals surface area contributed by atoms with E-state index in [9.17, 15) is 27.2 Å². The van der Waals surface area contributed by atoms with Crippen LogP contribution in [0, 0.1) is 5.82 Å². The number of alkyl halides is 3. The van der Waals surface area contributed by atoms with E-state index in [1.807, 2.05) is 0 Å². The average Bonchev–Trinajstić information content (AvgIpc) is 3.11. The SMILES string of the molecule is CCOC(=O)/C=C(\C)NC(=O)c1cc2nc(-c3ccc(F)cc3)cc(C(F)(F)F)n2n1. The molecule has 1 amide bonds. The summed E-state index contributed by atoms with van der Waals surface area (Å²) >= 11 is 0. The Labute approximate surface area is 173 Å². The van der Waals surface area contributed by atoms with Crippen molar-refractivity contribution in [3.63, 3.8) is 0 Å². The minimum Gasteiger partial charge on any atom is -0.463 e. The van der Waals surface area contributed by atoms with E-state index >= 15 is 0 Å². The van der Waals surface area contributed by atoms with Crippen molar-refractivity contribution >= 4 is 17.5 Å². The van der Waals surface area contributed by atoms with E-state index in [0.717, 1.165) is 30.3 Å². The molecule has 1 aromatic carbocycles. The zero-order valence-electron chi connectivity index (χ0n) is 16.3. The number of fused-ring (bicyclic) bond motifs is 1. The summed E-state index contributed by atoms with van der Waals surface area (Å²) in [5, 5.41) is 6.07. The molecule has 7 nitrogen and oxygen atoms in total. The zero-order valence-corrected chi connectivity index (χ0v) is 16.3. The highest BCUT2D eigenvalue weighted by atomic mass is 19.4. The molecule has 31 heavy (non-hydrogen) atoms. The number of carbonyl (C=O) groups excluding carboxylic acids is 2. The number of allylic oxidation sites excluding steroid dienone is 1. The number of nitrogens with zero attached hydrogens (tertiary/aromatic N) is 3. The Morgan fingerprint density at radius 2 is 1.87 bits per heavy atom. The van der Waals surface area contributed by atoms with Gasteiger partial charge in [0.05, 0.1) is 12.3 Å². The highest BCUT2D eigenvalue weighted by Crippen LogP contribution is 2.32. The molecule has 0 radical (unpaired) electrons. The second kappa shape index (κ2) is 8.54. The molecule has 0 fully saturated rings. The van der Waals surface area contributed by atoms with Gasteiger partial charge in [-0.05, 0) is 44.2 Å². The fraction of sp³-hybridized carbons (Fsp3) is 0.200. The van der Waals surface area contributed by atoms with Crippen LogP contribution in [0.5, 0.6) is 0 Å². The summed E-state index contributed by atoms with van der Waals surface area (Å²) in [6, 6.07) is 6.63. The van der Waals surface area contributed by atoms with Crippen LogP contribution in [0.3, 0.4) is 0 Å². The maximum Gasteiger partial charge on any atom is 0.433 e. The number of benzene rings is 1. The molecule has 0 aliphatic rings. The normalized spacial score (nSPS) is 12.1. The number of rotatable bonds is 5. The number of halogens is 4. The number of hydrogen-bond acceptors (Lipinski definition) is 5.